The van der Waals surface area contributed by atoms with E-state index in [1.807, 2.05) is 0 Å². The Labute approximate surface area is 97.5 Å². The first-order chi connectivity index (χ1) is 7.36. The molecule has 0 N–H and O–H groups in total. The smallest absolute Gasteiger partial charge is 0.258 e. The summed E-state index contributed by atoms with van der Waals surface area (Å²) in [5.41, 5.74) is -1.21. The third-order valence-electron chi connectivity index (χ3n) is 1.97. The molecule has 0 aliphatic carbocycles. The number of rotatable bonds is 3. The lowest BCUT2D eigenvalue weighted by molar-refractivity contribution is -0.385. The Bertz CT molecular complexity index is 406. The maximum Gasteiger partial charge on any atom is 0.416 e. The van der Waals surface area contributed by atoms with Crippen molar-refractivity contribution in [3.05, 3.63) is 39.4 Å². The standard InChI is InChI=1S/C9H7BrF3NO2/c10-4-3-6-1-2-7(9(11,12)13)5-8(6)14(15)16/h1-2,5H,3-4H2. The number of hydrogen-bond acceptors (Lipinski definition) is 2. The summed E-state index contributed by atoms with van der Waals surface area (Å²) in [4.78, 5) is 9.80. The van der Waals surface area contributed by atoms with Crippen LogP contribution in [0.3, 0.4) is 0 Å². The van der Waals surface area contributed by atoms with Crippen LogP contribution >= 0.6 is 15.9 Å². The second kappa shape index (κ2) is 4.82. The molecule has 1 aromatic carbocycles. The van der Waals surface area contributed by atoms with Crippen LogP contribution in [0.4, 0.5) is 18.9 Å². The second-order valence-electron chi connectivity index (χ2n) is 3.04. The number of nitrogens with zero attached hydrogens (tertiary/aromatic N) is 1. The SMILES string of the molecule is O=[N+]([O-])c1cc(C(F)(F)F)ccc1CCBr. The van der Waals surface area contributed by atoms with Gasteiger partial charge in [-0.15, -0.1) is 0 Å². The summed E-state index contributed by atoms with van der Waals surface area (Å²) in [5.74, 6) is 0. The number of alkyl halides is 4. The van der Waals surface area contributed by atoms with Crippen LogP contribution in [-0.4, -0.2) is 10.3 Å². The molecule has 0 aliphatic heterocycles. The average Bonchev–Trinajstić information content (AvgIpc) is 2.16. The van der Waals surface area contributed by atoms with Gasteiger partial charge in [0.05, 0.1) is 10.5 Å². The molecular formula is C9H7BrF3NO2. The highest BCUT2D eigenvalue weighted by molar-refractivity contribution is 9.09. The molecule has 0 aliphatic rings. The minimum atomic E-state index is -4.56. The highest BCUT2D eigenvalue weighted by atomic mass is 79.9. The molecular weight excluding hydrogens is 291 g/mol. The van der Waals surface area contributed by atoms with Crippen molar-refractivity contribution in [2.24, 2.45) is 0 Å². The number of halogens is 4. The van der Waals surface area contributed by atoms with E-state index < -0.39 is 22.4 Å². The van der Waals surface area contributed by atoms with Gasteiger partial charge in [0.2, 0.25) is 0 Å². The Kier molecular flexibility index (Phi) is 3.90. The highest BCUT2D eigenvalue weighted by Crippen LogP contribution is 2.33. The van der Waals surface area contributed by atoms with E-state index in [4.69, 9.17) is 0 Å². The van der Waals surface area contributed by atoms with Crippen LogP contribution < -0.4 is 0 Å². The lowest BCUT2D eigenvalue weighted by Gasteiger charge is -2.07. The summed E-state index contributed by atoms with van der Waals surface area (Å²) < 4.78 is 37.0. The summed E-state index contributed by atoms with van der Waals surface area (Å²) in [7, 11) is 0. The van der Waals surface area contributed by atoms with Gasteiger partial charge in [0.15, 0.2) is 0 Å². The number of aryl methyl sites for hydroxylation is 1. The van der Waals surface area contributed by atoms with Crippen molar-refractivity contribution in [2.45, 2.75) is 12.6 Å². The molecule has 0 aromatic heterocycles. The quantitative estimate of drug-likeness (QED) is 0.486. The molecule has 0 saturated carbocycles. The molecule has 3 nitrogen and oxygen atoms in total. The van der Waals surface area contributed by atoms with Gasteiger partial charge in [0.1, 0.15) is 0 Å². The van der Waals surface area contributed by atoms with E-state index in [2.05, 4.69) is 15.9 Å². The van der Waals surface area contributed by atoms with Gasteiger partial charge in [-0.25, -0.2) is 0 Å². The third kappa shape index (κ3) is 2.94. The highest BCUT2D eigenvalue weighted by Gasteiger charge is 2.32. The first kappa shape index (κ1) is 13.0. The molecule has 0 bridgehead atoms. The van der Waals surface area contributed by atoms with Crippen molar-refractivity contribution in [3.63, 3.8) is 0 Å². The topological polar surface area (TPSA) is 43.1 Å². The molecule has 0 unspecified atom stereocenters. The van der Waals surface area contributed by atoms with Gasteiger partial charge in [-0.05, 0) is 12.5 Å². The van der Waals surface area contributed by atoms with Gasteiger partial charge >= 0.3 is 6.18 Å². The lowest BCUT2D eigenvalue weighted by Crippen LogP contribution is -2.07. The second-order valence-corrected chi connectivity index (χ2v) is 3.83. The van der Waals surface area contributed by atoms with E-state index >= 15 is 0 Å². The van der Waals surface area contributed by atoms with Crippen molar-refractivity contribution in [3.8, 4) is 0 Å². The molecule has 0 heterocycles. The normalized spacial score (nSPS) is 11.5. The number of benzene rings is 1. The van der Waals surface area contributed by atoms with Crippen LogP contribution in [0.15, 0.2) is 18.2 Å². The predicted molar refractivity (Wildman–Crippen MR) is 55.6 cm³/mol. The van der Waals surface area contributed by atoms with E-state index in [-0.39, 0.29) is 5.56 Å². The Balaban J connectivity index is 3.23. The van der Waals surface area contributed by atoms with Crippen LogP contribution in [0.1, 0.15) is 11.1 Å². The summed E-state index contributed by atoms with van der Waals surface area (Å²) in [6.07, 6.45) is -4.24. The van der Waals surface area contributed by atoms with E-state index in [9.17, 15) is 23.3 Å². The zero-order chi connectivity index (χ0) is 12.3. The van der Waals surface area contributed by atoms with E-state index in [1.54, 1.807) is 0 Å². The minimum Gasteiger partial charge on any atom is -0.258 e. The van der Waals surface area contributed by atoms with Crippen LogP contribution in [-0.2, 0) is 12.6 Å². The third-order valence-corrected chi connectivity index (χ3v) is 2.37. The molecule has 0 atom stereocenters. The van der Waals surface area contributed by atoms with Gasteiger partial charge in [0, 0.05) is 17.0 Å². The molecule has 0 radical (unpaired) electrons. The van der Waals surface area contributed by atoms with E-state index in [0.717, 1.165) is 12.1 Å². The molecule has 0 spiro atoms. The summed E-state index contributed by atoms with van der Waals surface area (Å²) in [6, 6.07) is 2.56. The molecule has 0 amide bonds. The van der Waals surface area contributed by atoms with Gasteiger partial charge in [-0.2, -0.15) is 13.2 Å². The Morgan fingerprint density at radius 1 is 1.38 bits per heavy atom. The van der Waals surface area contributed by atoms with Crippen molar-refractivity contribution >= 4 is 21.6 Å². The first-order valence-corrected chi connectivity index (χ1v) is 5.39. The van der Waals surface area contributed by atoms with Crippen LogP contribution in [0.25, 0.3) is 0 Å². The zero-order valence-electron chi connectivity index (χ0n) is 7.92. The molecule has 0 fully saturated rings. The fraction of sp³-hybridized carbons (Fsp3) is 0.333. The number of nitro groups is 1. The number of nitro benzene ring substituents is 1. The van der Waals surface area contributed by atoms with E-state index in [0.29, 0.717) is 17.8 Å². The maximum absolute atomic E-state index is 12.3. The van der Waals surface area contributed by atoms with Crippen LogP contribution in [0.5, 0.6) is 0 Å². The van der Waals surface area contributed by atoms with Crippen molar-refractivity contribution in [1.82, 2.24) is 0 Å². The van der Waals surface area contributed by atoms with Crippen molar-refractivity contribution in [2.75, 3.05) is 5.33 Å². The Hall–Kier alpha value is -1.11. The largest absolute Gasteiger partial charge is 0.416 e. The summed E-state index contributed by atoms with van der Waals surface area (Å²) in [5, 5.41) is 11.1. The van der Waals surface area contributed by atoms with Gasteiger partial charge in [0.25, 0.3) is 5.69 Å². The fourth-order valence-corrected chi connectivity index (χ4v) is 1.65. The molecule has 1 aromatic rings. The lowest BCUT2D eigenvalue weighted by atomic mass is 10.1. The molecule has 0 saturated heterocycles. The average molecular weight is 298 g/mol. The summed E-state index contributed by atoms with van der Waals surface area (Å²) in [6.45, 7) is 0. The fourth-order valence-electron chi connectivity index (χ4n) is 1.22. The number of hydrogen-bond donors (Lipinski definition) is 0. The molecule has 88 valence electrons. The minimum absolute atomic E-state index is 0.287. The van der Waals surface area contributed by atoms with Crippen molar-refractivity contribution in [1.29, 1.82) is 0 Å². The van der Waals surface area contributed by atoms with E-state index in [1.165, 1.54) is 0 Å². The monoisotopic (exact) mass is 297 g/mol. The molecule has 16 heavy (non-hydrogen) atoms. The molecule has 1 rings (SSSR count). The Morgan fingerprint density at radius 2 is 2.00 bits per heavy atom. The maximum atomic E-state index is 12.3. The zero-order valence-corrected chi connectivity index (χ0v) is 9.51. The first-order valence-electron chi connectivity index (χ1n) is 4.26. The van der Waals surface area contributed by atoms with Gasteiger partial charge < -0.3 is 0 Å². The van der Waals surface area contributed by atoms with Gasteiger partial charge in [-0.3, -0.25) is 10.1 Å². The van der Waals surface area contributed by atoms with Crippen LogP contribution in [0.2, 0.25) is 0 Å². The Morgan fingerprint density at radius 3 is 2.44 bits per heavy atom. The van der Waals surface area contributed by atoms with Gasteiger partial charge in [-0.1, -0.05) is 22.0 Å². The van der Waals surface area contributed by atoms with Crippen molar-refractivity contribution < 1.29 is 18.1 Å². The predicted octanol–water partition coefficient (Wildman–Crippen LogP) is 3.55. The molecule has 7 heteroatoms. The summed E-state index contributed by atoms with van der Waals surface area (Å²) >= 11 is 3.08. The van der Waals surface area contributed by atoms with Crippen LogP contribution in [0, 0.1) is 10.1 Å².